The van der Waals surface area contributed by atoms with Crippen molar-refractivity contribution in [2.24, 2.45) is 0 Å². The average Bonchev–Trinajstić information content (AvgIpc) is 2.39. The molecule has 0 radical (unpaired) electrons. The van der Waals surface area contributed by atoms with E-state index >= 15 is 0 Å². The number of carbonyl (C=O) groups is 1. The van der Waals surface area contributed by atoms with E-state index in [1.807, 2.05) is 30.1 Å². The molecule has 1 N–H and O–H groups in total. The molecule has 0 spiro atoms. The number of hydrogen-bond donors (Lipinski definition) is 1. The lowest BCUT2D eigenvalue weighted by atomic mass is 10.1. The second-order valence-electron chi connectivity index (χ2n) is 4.18. The van der Waals surface area contributed by atoms with Crippen LogP contribution in [0.2, 0.25) is 0 Å². The molecule has 19 heavy (non-hydrogen) atoms. The number of benzene rings is 1. The minimum Gasteiger partial charge on any atom is -0.478 e. The predicted molar refractivity (Wildman–Crippen MR) is 77.4 cm³/mol. The van der Waals surface area contributed by atoms with Gasteiger partial charge in [-0.25, -0.2) is 4.79 Å². The summed E-state index contributed by atoms with van der Waals surface area (Å²) in [6.07, 6.45) is 3.45. The smallest absolute Gasteiger partial charge is 0.337 e. The van der Waals surface area contributed by atoms with Gasteiger partial charge in [-0.05, 0) is 35.9 Å². The molecule has 0 aliphatic carbocycles. The third-order valence-corrected chi connectivity index (χ3v) is 3.26. The van der Waals surface area contributed by atoms with Gasteiger partial charge in [-0.15, -0.1) is 0 Å². The molecule has 98 valence electrons. The van der Waals surface area contributed by atoms with Crippen molar-refractivity contribution in [3.63, 3.8) is 0 Å². The molecule has 0 saturated heterocycles. The number of anilines is 1. The highest BCUT2D eigenvalue weighted by Crippen LogP contribution is 2.25. The summed E-state index contributed by atoms with van der Waals surface area (Å²) in [5, 5.41) is 9.22. The van der Waals surface area contributed by atoms with Gasteiger partial charge in [0.1, 0.15) is 0 Å². The average molecular weight is 321 g/mol. The van der Waals surface area contributed by atoms with Crippen molar-refractivity contribution in [1.82, 2.24) is 4.98 Å². The summed E-state index contributed by atoms with van der Waals surface area (Å²) in [6.45, 7) is 0.624. The molecule has 5 heteroatoms. The second kappa shape index (κ2) is 5.84. The van der Waals surface area contributed by atoms with Crippen LogP contribution < -0.4 is 4.90 Å². The van der Waals surface area contributed by atoms with Gasteiger partial charge in [0.05, 0.1) is 11.3 Å². The molecule has 2 rings (SSSR count). The Morgan fingerprint density at radius 1 is 1.32 bits per heavy atom. The molecule has 0 atom stereocenters. The Balaban J connectivity index is 2.30. The van der Waals surface area contributed by atoms with Crippen molar-refractivity contribution >= 4 is 27.6 Å². The van der Waals surface area contributed by atoms with Crippen molar-refractivity contribution in [2.75, 3.05) is 11.9 Å². The number of carboxylic acid groups (broad SMARTS) is 1. The number of rotatable bonds is 4. The number of aromatic nitrogens is 1. The molecule has 0 saturated carbocycles. The molecule has 0 amide bonds. The Morgan fingerprint density at radius 3 is 2.63 bits per heavy atom. The fourth-order valence-corrected chi connectivity index (χ4v) is 2.20. The van der Waals surface area contributed by atoms with Gasteiger partial charge in [0.15, 0.2) is 0 Å². The van der Waals surface area contributed by atoms with Crippen LogP contribution in [0.25, 0.3) is 0 Å². The molecular formula is C14H13BrN2O2. The largest absolute Gasteiger partial charge is 0.478 e. The van der Waals surface area contributed by atoms with Crippen LogP contribution in [0.1, 0.15) is 15.9 Å². The third-order valence-electron chi connectivity index (χ3n) is 2.77. The van der Waals surface area contributed by atoms with Crippen LogP contribution in [0.4, 0.5) is 5.69 Å². The minimum absolute atomic E-state index is 0.291. The zero-order valence-corrected chi connectivity index (χ0v) is 12.0. The minimum atomic E-state index is -0.927. The highest BCUT2D eigenvalue weighted by molar-refractivity contribution is 9.10. The van der Waals surface area contributed by atoms with Crippen molar-refractivity contribution < 1.29 is 9.90 Å². The summed E-state index contributed by atoms with van der Waals surface area (Å²) in [7, 11) is 1.87. The van der Waals surface area contributed by atoms with Crippen molar-refractivity contribution in [2.45, 2.75) is 6.54 Å². The quantitative estimate of drug-likeness (QED) is 0.940. The molecule has 2 aromatic rings. The number of carboxylic acids is 1. The van der Waals surface area contributed by atoms with E-state index in [1.54, 1.807) is 24.5 Å². The third kappa shape index (κ3) is 3.32. The lowest BCUT2D eigenvalue weighted by Gasteiger charge is -2.21. The maximum absolute atomic E-state index is 11.2. The van der Waals surface area contributed by atoms with E-state index in [4.69, 9.17) is 0 Å². The number of halogens is 1. The predicted octanol–water partition coefficient (Wildman–Crippen LogP) is 3.18. The summed E-state index contributed by atoms with van der Waals surface area (Å²) in [4.78, 5) is 17.1. The first-order valence-electron chi connectivity index (χ1n) is 5.71. The number of aromatic carboxylic acids is 1. The van der Waals surface area contributed by atoms with Gasteiger partial charge in [0.25, 0.3) is 0 Å². The zero-order valence-electron chi connectivity index (χ0n) is 10.4. The lowest BCUT2D eigenvalue weighted by molar-refractivity contribution is 0.0697. The summed E-state index contributed by atoms with van der Waals surface area (Å²) in [5.41, 5.74) is 2.05. The molecule has 1 aromatic carbocycles. The van der Waals surface area contributed by atoms with Gasteiger partial charge >= 0.3 is 5.97 Å². The molecule has 0 bridgehead atoms. The van der Waals surface area contributed by atoms with Crippen LogP contribution >= 0.6 is 15.9 Å². The maximum atomic E-state index is 11.2. The van der Waals surface area contributed by atoms with Gasteiger partial charge in [-0.2, -0.15) is 0 Å². The highest BCUT2D eigenvalue weighted by atomic mass is 79.9. The van der Waals surface area contributed by atoms with Crippen LogP contribution in [0.3, 0.4) is 0 Å². The highest BCUT2D eigenvalue weighted by Gasteiger charge is 2.14. The van der Waals surface area contributed by atoms with Gasteiger partial charge in [-0.1, -0.05) is 15.9 Å². The molecule has 0 fully saturated rings. The van der Waals surface area contributed by atoms with E-state index in [-0.39, 0.29) is 0 Å². The van der Waals surface area contributed by atoms with Gasteiger partial charge in [0, 0.05) is 30.5 Å². The molecule has 0 unspecified atom stereocenters. The summed E-state index contributed by atoms with van der Waals surface area (Å²) < 4.78 is 0.856. The first-order valence-corrected chi connectivity index (χ1v) is 6.50. The summed E-state index contributed by atoms with van der Waals surface area (Å²) in [6, 6.07) is 8.96. The first-order chi connectivity index (χ1) is 9.08. The Morgan fingerprint density at radius 2 is 2.00 bits per heavy atom. The summed E-state index contributed by atoms with van der Waals surface area (Å²) in [5.74, 6) is -0.927. The Bertz CT molecular complexity index is 587. The van der Waals surface area contributed by atoms with Crippen LogP contribution in [0.5, 0.6) is 0 Å². The first kappa shape index (κ1) is 13.5. The van der Waals surface area contributed by atoms with Crippen LogP contribution in [0.15, 0.2) is 47.2 Å². The second-order valence-corrected chi connectivity index (χ2v) is 5.09. The van der Waals surface area contributed by atoms with Crippen molar-refractivity contribution in [1.29, 1.82) is 0 Å². The molecule has 0 aliphatic heterocycles. The van der Waals surface area contributed by atoms with E-state index < -0.39 is 5.97 Å². The topological polar surface area (TPSA) is 53.4 Å². The Kier molecular flexibility index (Phi) is 4.16. The fourth-order valence-electron chi connectivity index (χ4n) is 1.85. The van der Waals surface area contributed by atoms with Gasteiger partial charge in [0.2, 0.25) is 0 Å². The number of pyridine rings is 1. The SMILES string of the molecule is CN(Cc1ccncc1)c1cc(Br)ccc1C(=O)O. The molecule has 4 nitrogen and oxygen atoms in total. The fraction of sp³-hybridized carbons (Fsp3) is 0.143. The van der Waals surface area contributed by atoms with Crippen LogP contribution in [-0.4, -0.2) is 23.1 Å². The van der Waals surface area contributed by atoms with Crippen molar-refractivity contribution in [3.8, 4) is 0 Å². The monoisotopic (exact) mass is 320 g/mol. The van der Waals surface area contributed by atoms with Crippen molar-refractivity contribution in [3.05, 3.63) is 58.3 Å². The molecule has 1 aromatic heterocycles. The number of nitrogens with zero attached hydrogens (tertiary/aromatic N) is 2. The van der Waals surface area contributed by atoms with E-state index in [2.05, 4.69) is 20.9 Å². The van der Waals surface area contributed by atoms with E-state index in [0.29, 0.717) is 17.8 Å². The van der Waals surface area contributed by atoms with Gasteiger partial charge in [-0.3, -0.25) is 4.98 Å². The van der Waals surface area contributed by atoms with E-state index in [0.717, 1.165) is 10.0 Å². The Hall–Kier alpha value is -1.88. The lowest BCUT2D eigenvalue weighted by Crippen LogP contribution is -2.19. The molecular weight excluding hydrogens is 308 g/mol. The normalized spacial score (nSPS) is 10.2. The molecule has 1 heterocycles. The number of hydrogen-bond acceptors (Lipinski definition) is 3. The maximum Gasteiger partial charge on any atom is 0.337 e. The van der Waals surface area contributed by atoms with E-state index in [9.17, 15) is 9.90 Å². The van der Waals surface area contributed by atoms with Crippen LogP contribution in [0, 0.1) is 0 Å². The van der Waals surface area contributed by atoms with Gasteiger partial charge < -0.3 is 10.0 Å². The standard InChI is InChI=1S/C14H13BrN2O2/c1-17(9-10-4-6-16-7-5-10)13-8-11(15)2-3-12(13)14(18)19/h2-8H,9H2,1H3,(H,18,19). The summed E-state index contributed by atoms with van der Waals surface area (Å²) >= 11 is 3.37. The Labute approximate surface area is 119 Å². The zero-order chi connectivity index (χ0) is 13.8. The molecule has 0 aliphatic rings. The van der Waals surface area contributed by atoms with E-state index in [1.165, 1.54) is 0 Å². The van der Waals surface area contributed by atoms with Crippen LogP contribution in [-0.2, 0) is 6.54 Å².